The molecule has 0 spiro atoms. The van der Waals surface area contributed by atoms with Gasteiger partial charge < -0.3 is 0 Å². The van der Waals surface area contributed by atoms with Gasteiger partial charge in [0.15, 0.2) is 5.17 Å². The average Bonchev–Trinajstić information content (AvgIpc) is 2.41. The molecular formula is C4H6N4O2S. The van der Waals surface area contributed by atoms with Gasteiger partial charge in [-0.3, -0.25) is 20.6 Å². The van der Waals surface area contributed by atoms with Gasteiger partial charge in [-0.15, -0.1) is 10.3 Å². The summed E-state index contributed by atoms with van der Waals surface area (Å²) in [5.74, 6) is 0.248. The number of nitrogens with two attached hydrogens (primary N) is 1. The van der Waals surface area contributed by atoms with Crippen molar-refractivity contribution in [3.63, 3.8) is 0 Å². The van der Waals surface area contributed by atoms with Gasteiger partial charge in [0.2, 0.25) is 12.2 Å². The summed E-state index contributed by atoms with van der Waals surface area (Å²) in [7, 11) is 0. The van der Waals surface area contributed by atoms with Gasteiger partial charge in [0.25, 0.3) is 0 Å². The van der Waals surface area contributed by atoms with Crippen LogP contribution in [0.4, 0.5) is 0 Å². The number of hydrogen-bond acceptors (Lipinski definition) is 6. The van der Waals surface area contributed by atoms with Crippen molar-refractivity contribution in [2.45, 2.75) is 6.29 Å². The smallest absolute Gasteiger partial charge is 0.241 e. The average molecular weight is 174 g/mol. The van der Waals surface area contributed by atoms with Crippen molar-refractivity contribution in [1.29, 1.82) is 0 Å². The number of hydrogen-bond donors (Lipinski definition) is 2. The molecule has 1 amide bonds. The molecule has 0 saturated carbocycles. The number of hydrazone groups is 1. The van der Waals surface area contributed by atoms with Crippen molar-refractivity contribution in [3.05, 3.63) is 0 Å². The SMILES string of the molecule is NC1N(O)N=C2SCC(=O)N21. The van der Waals surface area contributed by atoms with Crippen LogP contribution in [-0.2, 0) is 4.79 Å². The highest BCUT2D eigenvalue weighted by molar-refractivity contribution is 8.15. The van der Waals surface area contributed by atoms with Crippen molar-refractivity contribution in [2.75, 3.05) is 5.75 Å². The van der Waals surface area contributed by atoms with E-state index in [-0.39, 0.29) is 5.91 Å². The van der Waals surface area contributed by atoms with Gasteiger partial charge >= 0.3 is 0 Å². The minimum absolute atomic E-state index is 0.113. The zero-order valence-corrected chi connectivity index (χ0v) is 6.28. The quantitative estimate of drug-likeness (QED) is 0.481. The van der Waals surface area contributed by atoms with Crippen molar-refractivity contribution >= 4 is 22.8 Å². The molecule has 0 aliphatic carbocycles. The van der Waals surface area contributed by atoms with Gasteiger partial charge in [-0.2, -0.15) is 0 Å². The molecule has 1 unspecified atom stereocenters. The maximum atomic E-state index is 11.0. The highest BCUT2D eigenvalue weighted by Gasteiger charge is 2.40. The Morgan fingerprint density at radius 1 is 1.82 bits per heavy atom. The minimum atomic E-state index is -0.840. The van der Waals surface area contributed by atoms with Crippen LogP contribution in [0.15, 0.2) is 5.10 Å². The Labute approximate surface area is 66.6 Å². The third-order valence-electron chi connectivity index (χ3n) is 1.49. The Bertz CT molecular complexity index is 242. The van der Waals surface area contributed by atoms with E-state index in [1.165, 1.54) is 16.7 Å². The van der Waals surface area contributed by atoms with E-state index in [1.807, 2.05) is 0 Å². The van der Waals surface area contributed by atoms with E-state index >= 15 is 0 Å². The molecule has 60 valence electrons. The fourth-order valence-electron chi connectivity index (χ4n) is 0.960. The summed E-state index contributed by atoms with van der Waals surface area (Å²) in [5, 5.41) is 13.6. The molecule has 3 N–H and O–H groups in total. The van der Waals surface area contributed by atoms with Crippen LogP contribution in [0, 0.1) is 0 Å². The summed E-state index contributed by atoms with van der Waals surface area (Å²) in [6.07, 6.45) is -0.840. The minimum Gasteiger partial charge on any atom is -0.290 e. The summed E-state index contributed by atoms with van der Waals surface area (Å²) >= 11 is 1.27. The normalized spacial score (nSPS) is 29.5. The third kappa shape index (κ3) is 0.817. The number of rotatable bonds is 0. The first-order valence-electron chi connectivity index (χ1n) is 2.97. The standard InChI is InChI=1S/C4H6N4O2S/c5-3-7-2(9)1-11-4(7)6-8(3)10/h3,10H,1,5H2. The molecule has 7 heteroatoms. The monoisotopic (exact) mass is 174 g/mol. The second-order valence-electron chi connectivity index (χ2n) is 2.17. The number of thioether (sulfide) groups is 1. The molecule has 2 heterocycles. The topological polar surface area (TPSA) is 82.2 Å². The maximum Gasteiger partial charge on any atom is 0.241 e. The van der Waals surface area contributed by atoms with E-state index in [4.69, 9.17) is 10.9 Å². The Morgan fingerprint density at radius 3 is 3.18 bits per heavy atom. The lowest BCUT2D eigenvalue weighted by Crippen LogP contribution is -2.48. The van der Waals surface area contributed by atoms with Crippen LogP contribution in [0.1, 0.15) is 0 Å². The van der Waals surface area contributed by atoms with E-state index in [0.717, 1.165) is 0 Å². The third-order valence-corrected chi connectivity index (χ3v) is 2.42. The predicted octanol–water partition coefficient (Wildman–Crippen LogP) is -1.22. The molecule has 2 rings (SSSR count). The largest absolute Gasteiger partial charge is 0.290 e. The first-order chi connectivity index (χ1) is 5.20. The molecule has 2 aliphatic heterocycles. The zero-order valence-electron chi connectivity index (χ0n) is 5.47. The van der Waals surface area contributed by atoms with Crippen molar-refractivity contribution < 1.29 is 10.0 Å². The number of nitrogens with zero attached hydrogens (tertiary/aromatic N) is 3. The Hall–Kier alpha value is -0.790. The molecular weight excluding hydrogens is 168 g/mol. The lowest BCUT2D eigenvalue weighted by atomic mass is 10.6. The molecule has 0 aromatic rings. The van der Waals surface area contributed by atoms with E-state index in [2.05, 4.69) is 5.10 Å². The van der Waals surface area contributed by atoms with Crippen LogP contribution in [-0.4, -0.2) is 38.4 Å². The molecule has 1 saturated heterocycles. The fourth-order valence-corrected chi connectivity index (χ4v) is 1.84. The number of amidine groups is 1. The summed E-state index contributed by atoms with van der Waals surface area (Å²) in [5.41, 5.74) is 5.41. The predicted molar refractivity (Wildman–Crippen MR) is 38.3 cm³/mol. The molecule has 11 heavy (non-hydrogen) atoms. The van der Waals surface area contributed by atoms with Gasteiger partial charge in [-0.05, 0) is 0 Å². The highest BCUT2D eigenvalue weighted by atomic mass is 32.2. The van der Waals surface area contributed by atoms with Crippen molar-refractivity contribution in [2.24, 2.45) is 10.8 Å². The van der Waals surface area contributed by atoms with E-state index in [9.17, 15) is 4.79 Å². The van der Waals surface area contributed by atoms with Crippen molar-refractivity contribution in [1.82, 2.24) is 10.1 Å². The summed E-state index contributed by atoms with van der Waals surface area (Å²) in [4.78, 5) is 12.3. The van der Waals surface area contributed by atoms with Crippen LogP contribution in [0.25, 0.3) is 0 Å². The van der Waals surface area contributed by atoms with Crippen LogP contribution in [0.3, 0.4) is 0 Å². The lowest BCUT2D eigenvalue weighted by Gasteiger charge is -2.18. The second kappa shape index (κ2) is 2.10. The van der Waals surface area contributed by atoms with Crippen LogP contribution in [0.5, 0.6) is 0 Å². The van der Waals surface area contributed by atoms with E-state index in [0.29, 0.717) is 16.1 Å². The number of carbonyl (C=O) groups excluding carboxylic acids is 1. The van der Waals surface area contributed by atoms with Gasteiger partial charge in [0.1, 0.15) is 0 Å². The van der Waals surface area contributed by atoms with Crippen LogP contribution in [0.2, 0.25) is 0 Å². The summed E-state index contributed by atoms with van der Waals surface area (Å²) in [6, 6.07) is 0. The Morgan fingerprint density at radius 2 is 2.55 bits per heavy atom. The second-order valence-corrected chi connectivity index (χ2v) is 3.11. The molecule has 0 aromatic heterocycles. The van der Waals surface area contributed by atoms with Crippen molar-refractivity contribution in [3.8, 4) is 0 Å². The molecule has 1 atom stereocenters. The number of carbonyl (C=O) groups is 1. The summed E-state index contributed by atoms with van der Waals surface area (Å²) < 4.78 is 0. The molecule has 0 radical (unpaired) electrons. The number of hydroxylamine groups is 1. The van der Waals surface area contributed by atoms with Crippen LogP contribution < -0.4 is 5.73 Å². The molecule has 1 fully saturated rings. The van der Waals surface area contributed by atoms with Gasteiger partial charge in [-0.1, -0.05) is 11.8 Å². The van der Waals surface area contributed by atoms with Gasteiger partial charge in [0.05, 0.1) is 5.75 Å². The Kier molecular flexibility index (Phi) is 1.31. The van der Waals surface area contributed by atoms with E-state index in [1.54, 1.807) is 0 Å². The first-order valence-corrected chi connectivity index (χ1v) is 3.96. The highest BCUT2D eigenvalue weighted by Crippen LogP contribution is 2.25. The lowest BCUT2D eigenvalue weighted by molar-refractivity contribution is -0.154. The molecule has 6 nitrogen and oxygen atoms in total. The summed E-state index contributed by atoms with van der Waals surface area (Å²) in [6.45, 7) is 0. The van der Waals surface area contributed by atoms with E-state index < -0.39 is 6.29 Å². The zero-order chi connectivity index (χ0) is 8.01. The maximum absolute atomic E-state index is 11.0. The van der Waals surface area contributed by atoms with Crippen LogP contribution >= 0.6 is 11.8 Å². The fraction of sp³-hybridized carbons (Fsp3) is 0.500. The molecule has 0 bridgehead atoms. The first kappa shape index (κ1) is 6.89. The van der Waals surface area contributed by atoms with Gasteiger partial charge in [-0.25, -0.2) is 0 Å². The van der Waals surface area contributed by atoms with Gasteiger partial charge in [0, 0.05) is 0 Å². The number of amides is 1. The Balaban J connectivity index is 2.31. The molecule has 2 aliphatic rings. The molecule has 0 aromatic carbocycles. The number of fused-ring (bicyclic) bond motifs is 1.